The molecule has 1 aliphatic rings. The number of hydrogen-bond donors (Lipinski definition) is 1. The Kier molecular flexibility index (Phi) is 5.13. The summed E-state index contributed by atoms with van der Waals surface area (Å²) >= 11 is 0. The first-order valence-corrected chi connectivity index (χ1v) is 8.41. The van der Waals surface area contributed by atoms with E-state index >= 15 is 0 Å². The Morgan fingerprint density at radius 2 is 1.82 bits per heavy atom. The minimum atomic E-state index is -2.96. The summed E-state index contributed by atoms with van der Waals surface area (Å²) in [4.78, 5) is 18.7. The fourth-order valence-corrected chi connectivity index (χ4v) is 3.14. The molecule has 0 aromatic heterocycles. The zero-order valence-corrected chi connectivity index (χ0v) is 15.2. The van der Waals surface area contributed by atoms with Crippen molar-refractivity contribution in [1.29, 1.82) is 0 Å². The van der Waals surface area contributed by atoms with Crippen LogP contribution >= 0.6 is 0 Å². The largest absolute Gasteiger partial charge is 0.435 e. The van der Waals surface area contributed by atoms with E-state index in [2.05, 4.69) is 9.73 Å². The number of guanidine groups is 1. The number of carbonyl (C=O) groups is 1. The number of carbonyl (C=O) groups excluding carboxylic acids is 1. The van der Waals surface area contributed by atoms with Crippen molar-refractivity contribution in [3.63, 3.8) is 0 Å². The normalized spacial score (nSPS) is 19.6. The number of rotatable bonds is 5. The maximum atomic E-state index is 14.1. The third kappa shape index (κ3) is 3.21. The first-order chi connectivity index (χ1) is 13.3. The lowest BCUT2D eigenvalue weighted by Gasteiger charge is -2.26. The number of amides is 1. The molecule has 146 valence electrons. The van der Waals surface area contributed by atoms with E-state index in [0.717, 1.165) is 0 Å². The quantitative estimate of drug-likeness (QED) is 0.851. The Balaban J connectivity index is 2.19. The predicted molar refractivity (Wildman–Crippen MR) is 99.4 cm³/mol. The summed E-state index contributed by atoms with van der Waals surface area (Å²) in [5.41, 5.74) is 5.42. The maximum Gasteiger partial charge on any atom is 0.387 e. The molecule has 3 rings (SSSR count). The van der Waals surface area contributed by atoms with Crippen LogP contribution in [0.4, 0.5) is 13.2 Å². The Morgan fingerprint density at radius 1 is 1.18 bits per heavy atom. The lowest BCUT2D eigenvalue weighted by Crippen LogP contribution is -2.41. The summed E-state index contributed by atoms with van der Waals surface area (Å²) in [5, 5.41) is 0. The van der Waals surface area contributed by atoms with Crippen molar-refractivity contribution in [2.45, 2.75) is 19.1 Å². The Labute approximate surface area is 159 Å². The van der Waals surface area contributed by atoms with Crippen LogP contribution in [-0.4, -0.2) is 30.4 Å². The number of allylic oxidation sites excluding steroid dienone is 1. The predicted octanol–water partition coefficient (Wildman–Crippen LogP) is 3.49. The lowest BCUT2D eigenvalue weighted by molar-refractivity contribution is -0.129. The van der Waals surface area contributed by atoms with Gasteiger partial charge in [-0.25, -0.2) is 9.38 Å². The van der Waals surface area contributed by atoms with Gasteiger partial charge in [0.1, 0.15) is 11.6 Å². The minimum absolute atomic E-state index is 0.00480. The van der Waals surface area contributed by atoms with E-state index in [0.29, 0.717) is 11.1 Å². The number of benzene rings is 2. The number of ether oxygens (including phenoxy) is 1. The second kappa shape index (κ2) is 7.38. The topological polar surface area (TPSA) is 67.9 Å². The first kappa shape index (κ1) is 19.5. The summed E-state index contributed by atoms with van der Waals surface area (Å²) in [7, 11) is 1.48. The number of hydrogen-bond acceptors (Lipinski definition) is 4. The van der Waals surface area contributed by atoms with Gasteiger partial charge < -0.3 is 10.5 Å². The fraction of sp³-hybridized carbons (Fsp3) is 0.200. The third-order valence-corrected chi connectivity index (χ3v) is 4.50. The zero-order valence-electron chi connectivity index (χ0n) is 15.2. The van der Waals surface area contributed by atoms with Crippen molar-refractivity contribution in [2.24, 2.45) is 10.7 Å². The van der Waals surface area contributed by atoms with Crippen LogP contribution in [0, 0.1) is 5.82 Å². The van der Waals surface area contributed by atoms with Crippen LogP contribution in [0.1, 0.15) is 23.6 Å². The molecule has 1 amide bonds. The molecule has 0 saturated carbocycles. The SMILES string of the molecule is CC=Cc1cc([C@]2(c3ccc(OC(F)F)cc3)N=C(N)N(C)C2=O)ccc1F. The molecule has 2 aromatic rings. The average Bonchev–Trinajstić information content (AvgIpc) is 2.89. The summed E-state index contributed by atoms with van der Waals surface area (Å²) in [5.74, 6) is -0.952. The lowest BCUT2D eigenvalue weighted by atomic mass is 9.82. The molecule has 0 saturated heterocycles. The van der Waals surface area contributed by atoms with E-state index in [-0.39, 0.29) is 17.3 Å². The average molecular weight is 389 g/mol. The Hall–Kier alpha value is -3.29. The van der Waals surface area contributed by atoms with Crippen LogP contribution < -0.4 is 10.5 Å². The summed E-state index contributed by atoms with van der Waals surface area (Å²) in [6.45, 7) is -1.22. The summed E-state index contributed by atoms with van der Waals surface area (Å²) in [6, 6.07) is 9.78. The molecule has 0 unspecified atom stereocenters. The first-order valence-electron chi connectivity index (χ1n) is 8.41. The van der Waals surface area contributed by atoms with Gasteiger partial charge in [0.05, 0.1) is 0 Å². The van der Waals surface area contributed by atoms with Crippen LogP contribution in [-0.2, 0) is 10.3 Å². The number of nitrogens with two attached hydrogens (primary N) is 1. The highest BCUT2D eigenvalue weighted by atomic mass is 19.3. The monoisotopic (exact) mass is 389 g/mol. The molecular formula is C20H18F3N3O2. The molecule has 0 bridgehead atoms. The number of halogens is 3. The highest BCUT2D eigenvalue weighted by Gasteiger charge is 2.49. The smallest absolute Gasteiger partial charge is 0.387 e. The second-order valence-electron chi connectivity index (χ2n) is 6.18. The van der Waals surface area contributed by atoms with Gasteiger partial charge in [0, 0.05) is 12.6 Å². The molecule has 1 heterocycles. The highest BCUT2D eigenvalue weighted by molar-refractivity contribution is 6.09. The van der Waals surface area contributed by atoms with E-state index in [9.17, 15) is 18.0 Å². The highest BCUT2D eigenvalue weighted by Crippen LogP contribution is 2.40. The van der Waals surface area contributed by atoms with Gasteiger partial charge in [-0.3, -0.25) is 9.69 Å². The van der Waals surface area contributed by atoms with Gasteiger partial charge >= 0.3 is 6.61 Å². The van der Waals surface area contributed by atoms with E-state index < -0.39 is 23.9 Å². The van der Waals surface area contributed by atoms with Crippen molar-refractivity contribution in [3.8, 4) is 5.75 Å². The molecule has 1 aliphatic heterocycles. The van der Waals surface area contributed by atoms with Crippen LogP contribution in [0.2, 0.25) is 0 Å². The van der Waals surface area contributed by atoms with Crippen LogP contribution in [0.15, 0.2) is 53.5 Å². The van der Waals surface area contributed by atoms with E-state index in [1.54, 1.807) is 19.1 Å². The third-order valence-electron chi connectivity index (χ3n) is 4.50. The molecule has 0 radical (unpaired) electrons. The van der Waals surface area contributed by atoms with Gasteiger partial charge in [-0.05, 0) is 42.3 Å². The molecular weight excluding hydrogens is 371 g/mol. The van der Waals surface area contributed by atoms with Crippen molar-refractivity contribution >= 4 is 17.9 Å². The van der Waals surface area contributed by atoms with Crippen LogP contribution in [0.5, 0.6) is 5.75 Å². The van der Waals surface area contributed by atoms with Gasteiger partial charge in [-0.15, -0.1) is 0 Å². The maximum absolute atomic E-state index is 14.1. The molecule has 0 fully saturated rings. The molecule has 8 heteroatoms. The van der Waals surface area contributed by atoms with Gasteiger partial charge in [0.25, 0.3) is 5.91 Å². The summed E-state index contributed by atoms with van der Waals surface area (Å²) in [6.07, 6.45) is 3.24. The van der Waals surface area contributed by atoms with Gasteiger partial charge in [-0.1, -0.05) is 30.4 Å². The summed E-state index contributed by atoms with van der Waals surface area (Å²) < 4.78 is 43.3. The van der Waals surface area contributed by atoms with E-state index in [1.165, 1.54) is 54.4 Å². The van der Waals surface area contributed by atoms with Crippen LogP contribution in [0.25, 0.3) is 6.08 Å². The van der Waals surface area contributed by atoms with Gasteiger partial charge in [0.15, 0.2) is 11.5 Å². The number of likely N-dealkylation sites (N-methyl/N-ethyl adjacent to an activating group) is 1. The molecule has 2 N–H and O–H groups in total. The van der Waals surface area contributed by atoms with E-state index in [1.807, 2.05) is 0 Å². The van der Waals surface area contributed by atoms with E-state index in [4.69, 9.17) is 5.73 Å². The Morgan fingerprint density at radius 3 is 2.36 bits per heavy atom. The molecule has 2 aromatic carbocycles. The Bertz CT molecular complexity index is 958. The molecule has 0 aliphatic carbocycles. The van der Waals surface area contributed by atoms with Crippen molar-refractivity contribution < 1.29 is 22.7 Å². The minimum Gasteiger partial charge on any atom is -0.435 e. The second-order valence-corrected chi connectivity index (χ2v) is 6.18. The van der Waals surface area contributed by atoms with Gasteiger partial charge in [-0.2, -0.15) is 8.78 Å². The number of aliphatic imine (C=N–C) groups is 1. The van der Waals surface area contributed by atoms with Crippen LogP contribution in [0.3, 0.4) is 0 Å². The number of nitrogens with zero attached hydrogens (tertiary/aromatic N) is 2. The zero-order chi connectivity index (χ0) is 20.5. The fourth-order valence-electron chi connectivity index (χ4n) is 3.14. The molecule has 0 spiro atoms. The van der Waals surface area contributed by atoms with Gasteiger partial charge in [0.2, 0.25) is 0 Å². The standard InChI is InChI=1S/C20H18F3N3O2/c1-3-4-12-11-14(7-10-16(12)21)20(17(27)26(2)19(24)25-20)13-5-8-15(9-6-13)28-18(22)23/h3-11,18H,1-2H3,(H2,24,25)/t20-/m0/s1. The van der Waals surface area contributed by atoms with Crippen molar-refractivity contribution in [1.82, 2.24) is 4.90 Å². The molecule has 28 heavy (non-hydrogen) atoms. The molecule has 1 atom stereocenters. The van der Waals surface area contributed by atoms with Crippen molar-refractivity contribution in [2.75, 3.05) is 7.05 Å². The van der Waals surface area contributed by atoms with Crippen molar-refractivity contribution in [3.05, 3.63) is 71.0 Å². The number of alkyl halides is 2. The molecule has 5 nitrogen and oxygen atoms in total.